The van der Waals surface area contributed by atoms with Crippen molar-refractivity contribution < 1.29 is 61.7 Å². The second kappa shape index (κ2) is 23.1. The summed E-state index contributed by atoms with van der Waals surface area (Å²) >= 11 is 0. The molecule has 4 heterocycles. The summed E-state index contributed by atoms with van der Waals surface area (Å²) < 4.78 is 37.0. The van der Waals surface area contributed by atoms with Crippen LogP contribution in [0, 0.1) is 11.6 Å². The molecule has 6 atom stereocenters. The second-order valence-electron chi connectivity index (χ2n) is 18.8. The van der Waals surface area contributed by atoms with E-state index < -0.39 is 54.3 Å². The number of aliphatic carboxylic acids is 1. The van der Waals surface area contributed by atoms with Crippen molar-refractivity contribution in [2.24, 2.45) is 0 Å². The molecule has 4 aliphatic heterocycles. The number of nitrogens with one attached hydrogen (secondary N) is 5. The molecule has 21 heteroatoms. The van der Waals surface area contributed by atoms with Crippen LogP contribution in [0.2, 0.25) is 0 Å². The summed E-state index contributed by atoms with van der Waals surface area (Å²) in [4.78, 5) is 101. The first kappa shape index (κ1) is 56.4. The fourth-order valence-electron chi connectivity index (χ4n) is 10.5. The summed E-state index contributed by atoms with van der Waals surface area (Å²) in [5, 5.41) is 22.5. The van der Waals surface area contributed by atoms with E-state index in [1.807, 2.05) is 19.1 Å². The van der Waals surface area contributed by atoms with Crippen LogP contribution in [0.1, 0.15) is 113 Å². The van der Waals surface area contributed by atoms with E-state index in [0.717, 1.165) is 34.4 Å². The number of hydrogen-bond donors (Lipinski definition) is 6. The number of hydrogen-bond acceptors (Lipinski definition) is 11. The Morgan fingerprint density at radius 2 is 1.12 bits per heavy atom. The molecule has 0 aromatic heterocycles. The van der Waals surface area contributed by atoms with Gasteiger partial charge in [0, 0.05) is 67.6 Å². The first-order chi connectivity index (χ1) is 34.9. The first-order valence-electron chi connectivity index (χ1n) is 24.0. The zero-order chi connectivity index (χ0) is 52.4. The number of likely N-dealkylation sites (tertiary alicyclic amines) is 1. The van der Waals surface area contributed by atoms with E-state index in [2.05, 4.69) is 33.5 Å². The fourth-order valence-corrected chi connectivity index (χ4v) is 10.5. The van der Waals surface area contributed by atoms with Crippen LogP contribution < -0.4 is 26.6 Å². The zero-order valence-corrected chi connectivity index (χ0v) is 40.6. The van der Waals surface area contributed by atoms with E-state index in [-0.39, 0.29) is 69.4 Å². The van der Waals surface area contributed by atoms with Crippen LogP contribution in [0.25, 0.3) is 0 Å². The number of urea groups is 2. The molecule has 4 aromatic carbocycles. The molecule has 10 rings (SSSR count). The number of nitrogens with zero attached hydrogens (tertiary/aromatic N) is 3. The van der Waals surface area contributed by atoms with Gasteiger partial charge in [-0.25, -0.2) is 37.8 Å². The number of halogens is 2. The number of carboxylic acids is 1. The van der Waals surface area contributed by atoms with Gasteiger partial charge in [-0.05, 0) is 123 Å². The highest BCUT2D eigenvalue weighted by Crippen LogP contribution is 2.48. The van der Waals surface area contributed by atoms with Crippen LogP contribution >= 0.6 is 0 Å². The summed E-state index contributed by atoms with van der Waals surface area (Å²) in [5.41, 5.74) is 2.84. The van der Waals surface area contributed by atoms with Crippen molar-refractivity contribution in [1.82, 2.24) is 30.7 Å². The number of imide groups is 2. The van der Waals surface area contributed by atoms with Crippen LogP contribution in [0.5, 0.6) is 0 Å². The average molecular weight is 1040 g/mol. The molecule has 0 saturated carbocycles. The molecule has 0 radical (unpaired) electrons. The van der Waals surface area contributed by atoms with Crippen molar-refractivity contribution in [3.63, 3.8) is 0 Å². The van der Waals surface area contributed by atoms with E-state index in [1.165, 1.54) is 50.3 Å². The number of rotatable bonds is 8. The summed E-state index contributed by atoms with van der Waals surface area (Å²) in [5.74, 6) is -3.39. The highest BCUT2D eigenvalue weighted by Gasteiger charge is 2.60. The van der Waals surface area contributed by atoms with Crippen molar-refractivity contribution in [1.29, 1.82) is 0 Å². The SMILES string of the molecule is C.C.CNC(=O)Nc1ccc2c(c1)CC[C@@]21OC(=O)N(CC(=O)N2C(c3ccc(F)cc3)CC[C@@H]2C)C1=O.CNC(=O)Nc1ccc2c(c1)CC[C@@]21OC(=O)N(CC(=O)O)C1=O.C[C@H]1CCC(c2ccc(F)cc2)N1. The van der Waals surface area contributed by atoms with Crippen LogP contribution in [-0.4, -0.2) is 107 Å². The summed E-state index contributed by atoms with van der Waals surface area (Å²) in [6.07, 6.45) is 3.49. The van der Waals surface area contributed by atoms with Gasteiger partial charge in [0.15, 0.2) is 0 Å². The van der Waals surface area contributed by atoms with Gasteiger partial charge in [-0.15, -0.1) is 0 Å². The second-order valence-corrected chi connectivity index (χ2v) is 18.8. The average Bonchev–Trinajstić information content (AvgIpc) is 4.22. The third kappa shape index (κ3) is 11.4. The van der Waals surface area contributed by atoms with Crippen LogP contribution in [0.4, 0.5) is 39.3 Å². The minimum absolute atomic E-state index is 0. The van der Waals surface area contributed by atoms with E-state index in [9.17, 15) is 47.1 Å². The van der Waals surface area contributed by atoms with Gasteiger partial charge in [0.05, 0.1) is 6.04 Å². The summed E-state index contributed by atoms with van der Waals surface area (Å²) in [7, 11) is 3.00. The number of aryl methyl sites for hydroxylation is 2. The molecular weight excluding hydrogens is 975 g/mol. The predicted octanol–water partition coefficient (Wildman–Crippen LogP) is 8.00. The molecule has 2 spiro atoms. The number of carbonyl (C=O) groups excluding carboxylic acids is 7. The molecule has 19 nitrogen and oxygen atoms in total. The molecule has 400 valence electrons. The maximum Gasteiger partial charge on any atom is 0.418 e. The van der Waals surface area contributed by atoms with Crippen molar-refractivity contribution >= 4 is 59.3 Å². The van der Waals surface area contributed by atoms with E-state index in [1.54, 1.807) is 53.4 Å². The maximum atomic E-state index is 13.5. The standard InChI is InChI=1S/C26H27FN4O5.C15H15N3O6.C11H14FN.2CH4/c1-15-3-10-21(16-4-6-18(27)7-5-16)31(15)22(32)14-30-23(33)26(36-25(30)35)12-11-17-13-19(8-9-20(17)26)29-24(34)28-2;1-16-13(22)17-9-2-3-10-8(6-9)4-5-15(10)12(21)18(7-11(19)20)14(23)24-15;1-8-2-7-11(13-8)9-3-5-10(12)6-4-9;;/h4-9,13,15,21H,3,10-12,14H2,1-2H3,(H2,28,29,34);2-3,6H,4-5,7H2,1H3,(H,19,20)(H2,16,17,22);3-6,8,11,13H,2,7H2,1H3;2*1H4/t15-,21?,26+;15-;8-,11?;;/m010../s1. The smallest absolute Gasteiger partial charge is 0.418 e. The third-order valence-corrected chi connectivity index (χ3v) is 14.1. The fraction of sp³-hybridized carbons (Fsp3) is 0.407. The van der Waals surface area contributed by atoms with Crippen molar-refractivity contribution in [2.45, 2.75) is 115 Å². The number of carbonyl (C=O) groups is 8. The lowest BCUT2D eigenvalue weighted by Crippen LogP contribution is -2.46. The minimum Gasteiger partial charge on any atom is -0.480 e. The molecule has 75 heavy (non-hydrogen) atoms. The molecule has 4 saturated heterocycles. The van der Waals surface area contributed by atoms with E-state index in [0.29, 0.717) is 58.7 Å². The van der Waals surface area contributed by atoms with Gasteiger partial charge in [-0.1, -0.05) is 51.3 Å². The highest BCUT2D eigenvalue weighted by molar-refractivity contribution is 6.07. The predicted molar refractivity (Wildman–Crippen MR) is 272 cm³/mol. The van der Waals surface area contributed by atoms with E-state index in [4.69, 9.17) is 14.6 Å². The first-order valence-corrected chi connectivity index (χ1v) is 24.0. The Morgan fingerprint density at radius 1 is 0.653 bits per heavy atom. The van der Waals surface area contributed by atoms with Gasteiger partial charge >= 0.3 is 30.2 Å². The molecule has 0 bridgehead atoms. The zero-order valence-electron chi connectivity index (χ0n) is 40.6. The summed E-state index contributed by atoms with van der Waals surface area (Å²) in [6, 6.07) is 22.8. The van der Waals surface area contributed by atoms with Crippen molar-refractivity contribution in [3.05, 3.63) is 130 Å². The molecule has 2 unspecified atom stereocenters. The lowest BCUT2D eigenvalue weighted by molar-refractivity contribution is -0.144. The number of fused-ring (bicyclic) bond motifs is 4. The molecule has 4 fully saturated rings. The number of anilines is 2. The van der Waals surface area contributed by atoms with E-state index >= 15 is 0 Å². The Labute approximate surface area is 433 Å². The Bertz CT molecular complexity index is 2850. The van der Waals surface area contributed by atoms with Crippen LogP contribution in [0.15, 0.2) is 84.9 Å². The Hall–Kier alpha value is -7.94. The molecule has 9 amide bonds. The third-order valence-electron chi connectivity index (χ3n) is 14.1. The van der Waals surface area contributed by atoms with Gasteiger partial charge in [0.25, 0.3) is 11.8 Å². The quantitative estimate of drug-likeness (QED) is 0.0983. The molecular formula is C54H64F2N8O11. The Morgan fingerprint density at radius 3 is 1.56 bits per heavy atom. The van der Waals surface area contributed by atoms with Crippen LogP contribution in [-0.2, 0) is 52.7 Å². The Kier molecular flexibility index (Phi) is 17.3. The van der Waals surface area contributed by atoms with Gasteiger partial charge in [-0.3, -0.25) is 19.2 Å². The Balaban J connectivity index is 0.000000201. The summed E-state index contributed by atoms with van der Waals surface area (Å²) in [6.45, 7) is 2.95. The normalized spacial score (nSPS) is 23.6. The molecule has 6 aliphatic rings. The largest absolute Gasteiger partial charge is 0.480 e. The molecule has 4 aromatic rings. The van der Waals surface area contributed by atoms with Gasteiger partial charge in [0.2, 0.25) is 17.1 Å². The highest BCUT2D eigenvalue weighted by atomic mass is 19.1. The number of carboxylic acid groups (broad SMARTS) is 1. The van der Waals surface area contributed by atoms with Gasteiger partial charge in [0.1, 0.15) is 24.7 Å². The van der Waals surface area contributed by atoms with Crippen LogP contribution in [0.3, 0.4) is 0 Å². The number of ether oxygens (including phenoxy) is 2. The number of amides is 9. The molecule has 6 N–H and O–H groups in total. The monoisotopic (exact) mass is 1040 g/mol. The lowest BCUT2D eigenvalue weighted by Gasteiger charge is -2.30. The van der Waals surface area contributed by atoms with Gasteiger partial charge < -0.3 is 46.1 Å². The van der Waals surface area contributed by atoms with Crippen molar-refractivity contribution in [3.8, 4) is 0 Å². The lowest BCUT2D eigenvalue weighted by atomic mass is 9.94. The molecule has 2 aliphatic carbocycles. The maximum absolute atomic E-state index is 13.5. The van der Waals surface area contributed by atoms with Gasteiger partial charge in [-0.2, -0.15) is 0 Å². The minimum atomic E-state index is -1.47. The topological polar surface area (TPSA) is 245 Å². The number of benzene rings is 4. The van der Waals surface area contributed by atoms with Crippen molar-refractivity contribution in [2.75, 3.05) is 37.8 Å².